The van der Waals surface area contributed by atoms with Crippen molar-refractivity contribution in [2.24, 2.45) is 0 Å². The number of aromatic nitrogens is 4. The highest BCUT2D eigenvalue weighted by molar-refractivity contribution is 5.96. The van der Waals surface area contributed by atoms with Crippen molar-refractivity contribution >= 4 is 5.91 Å². The van der Waals surface area contributed by atoms with Crippen LogP contribution in [0.3, 0.4) is 0 Å². The molecule has 7 nitrogen and oxygen atoms in total. The van der Waals surface area contributed by atoms with Crippen LogP contribution >= 0.6 is 0 Å². The first kappa shape index (κ1) is 21.8. The van der Waals surface area contributed by atoms with Gasteiger partial charge in [0.15, 0.2) is 5.82 Å². The molecule has 1 aliphatic rings. The molecule has 0 spiro atoms. The monoisotopic (exact) mass is 453 g/mol. The highest BCUT2D eigenvalue weighted by Gasteiger charge is 2.32. The number of rotatable bonds is 6. The first-order chi connectivity index (χ1) is 16.6. The van der Waals surface area contributed by atoms with E-state index >= 15 is 0 Å². The third-order valence-electron chi connectivity index (χ3n) is 6.39. The van der Waals surface area contributed by atoms with Crippen molar-refractivity contribution in [2.75, 3.05) is 13.7 Å². The third-order valence-corrected chi connectivity index (χ3v) is 6.39. The molecule has 0 unspecified atom stereocenters. The van der Waals surface area contributed by atoms with E-state index in [1.165, 1.54) is 0 Å². The molecule has 3 heterocycles. The predicted octanol–water partition coefficient (Wildman–Crippen LogP) is 4.68. The third kappa shape index (κ3) is 4.29. The molecule has 1 fully saturated rings. The highest BCUT2D eigenvalue weighted by atomic mass is 16.5. The number of carbonyl (C=O) groups is 1. The Balaban J connectivity index is 1.42. The molecule has 0 radical (unpaired) electrons. The van der Waals surface area contributed by atoms with Gasteiger partial charge in [0.25, 0.3) is 5.91 Å². The number of imidazole rings is 1. The molecule has 0 bridgehead atoms. The van der Waals surface area contributed by atoms with Crippen molar-refractivity contribution in [3.63, 3.8) is 0 Å². The summed E-state index contributed by atoms with van der Waals surface area (Å²) in [6, 6.07) is 17.4. The lowest BCUT2D eigenvalue weighted by atomic mass is 10.0. The number of amides is 1. The van der Waals surface area contributed by atoms with E-state index in [-0.39, 0.29) is 11.9 Å². The van der Waals surface area contributed by atoms with Crippen LogP contribution in [0.2, 0.25) is 0 Å². The molecule has 0 N–H and O–H groups in total. The van der Waals surface area contributed by atoms with Crippen LogP contribution in [-0.4, -0.2) is 44.0 Å². The van der Waals surface area contributed by atoms with E-state index in [2.05, 4.69) is 14.5 Å². The number of ether oxygens (including phenoxy) is 1. The Morgan fingerprint density at radius 3 is 2.65 bits per heavy atom. The van der Waals surface area contributed by atoms with Crippen molar-refractivity contribution in [3.8, 4) is 17.1 Å². The summed E-state index contributed by atoms with van der Waals surface area (Å²) in [7, 11) is 1.65. The summed E-state index contributed by atoms with van der Waals surface area (Å²) in [5, 5.41) is 0. The Kier molecular flexibility index (Phi) is 6.08. The molecule has 1 atom stereocenters. The van der Waals surface area contributed by atoms with Gasteiger partial charge in [-0.15, -0.1) is 0 Å². The maximum Gasteiger partial charge on any atom is 0.254 e. The minimum absolute atomic E-state index is 0.0421. The summed E-state index contributed by atoms with van der Waals surface area (Å²) in [6.07, 6.45) is 7.33. The number of methoxy groups -OCH3 is 1. The molecule has 1 aliphatic heterocycles. The zero-order valence-corrected chi connectivity index (χ0v) is 19.4. The van der Waals surface area contributed by atoms with E-state index < -0.39 is 0 Å². The number of hydrogen-bond donors (Lipinski definition) is 0. The molecule has 2 aromatic heterocycles. The van der Waals surface area contributed by atoms with Gasteiger partial charge in [-0.1, -0.05) is 18.2 Å². The molecule has 7 heteroatoms. The highest BCUT2D eigenvalue weighted by Crippen LogP contribution is 2.33. The lowest BCUT2D eigenvalue weighted by molar-refractivity contribution is 0.0731. The van der Waals surface area contributed by atoms with Crippen LogP contribution in [0.25, 0.3) is 11.4 Å². The number of benzene rings is 2. The summed E-state index contributed by atoms with van der Waals surface area (Å²) < 4.78 is 7.31. The Morgan fingerprint density at radius 2 is 1.88 bits per heavy atom. The van der Waals surface area contributed by atoms with Crippen molar-refractivity contribution < 1.29 is 9.53 Å². The zero-order valence-electron chi connectivity index (χ0n) is 19.4. The van der Waals surface area contributed by atoms with E-state index in [4.69, 9.17) is 9.72 Å². The molecular formula is C27H27N5O2. The maximum atomic E-state index is 13.7. The largest absolute Gasteiger partial charge is 0.497 e. The fraction of sp³-hybridized carbons (Fsp3) is 0.259. The van der Waals surface area contributed by atoms with Crippen LogP contribution in [-0.2, 0) is 6.54 Å². The summed E-state index contributed by atoms with van der Waals surface area (Å²) >= 11 is 0. The minimum atomic E-state index is -0.0736. The standard InChI is InChI=1S/C27H27N5O2/c1-19-28-15-17-31(19)18-21-6-3-4-7-23(21)27(33)32-16-5-8-25(32)24-13-14-29-26(30-24)20-9-11-22(34-2)12-10-20/h3-4,6-7,9-15,17,25H,5,8,16,18H2,1-2H3/t25-/m0/s1. The van der Waals surface area contributed by atoms with E-state index in [9.17, 15) is 4.79 Å². The number of carbonyl (C=O) groups excluding carboxylic acids is 1. The summed E-state index contributed by atoms with van der Waals surface area (Å²) in [5.74, 6) is 2.40. The van der Waals surface area contributed by atoms with Crippen LogP contribution in [0, 0.1) is 6.92 Å². The fourth-order valence-electron chi connectivity index (χ4n) is 4.53. The van der Waals surface area contributed by atoms with E-state index in [1.807, 2.05) is 72.6 Å². The lowest BCUT2D eigenvalue weighted by Gasteiger charge is -2.25. The van der Waals surface area contributed by atoms with Gasteiger partial charge in [-0.25, -0.2) is 15.0 Å². The van der Waals surface area contributed by atoms with E-state index in [0.29, 0.717) is 18.9 Å². The number of nitrogens with zero attached hydrogens (tertiary/aromatic N) is 5. The molecule has 172 valence electrons. The smallest absolute Gasteiger partial charge is 0.254 e. The SMILES string of the molecule is COc1ccc(-c2nccc([C@@H]3CCCN3C(=O)c3ccccc3Cn3ccnc3C)n2)cc1. The Labute approximate surface area is 199 Å². The van der Waals surface area contributed by atoms with Crippen molar-refractivity contribution in [3.05, 3.63) is 95.8 Å². The van der Waals surface area contributed by atoms with E-state index in [0.717, 1.165) is 46.8 Å². The Morgan fingerprint density at radius 1 is 1.06 bits per heavy atom. The molecule has 5 rings (SSSR count). The second-order valence-electron chi connectivity index (χ2n) is 8.45. The van der Waals surface area contributed by atoms with Crippen molar-refractivity contribution in [1.82, 2.24) is 24.4 Å². The molecular weight excluding hydrogens is 426 g/mol. The number of aryl methyl sites for hydroxylation is 1. The molecule has 2 aromatic carbocycles. The molecule has 1 amide bonds. The topological polar surface area (TPSA) is 73.1 Å². The molecule has 34 heavy (non-hydrogen) atoms. The summed E-state index contributed by atoms with van der Waals surface area (Å²) in [5.41, 5.74) is 3.50. The van der Waals surface area contributed by atoms with Crippen LogP contribution in [0.15, 0.2) is 73.2 Å². The van der Waals surface area contributed by atoms with Crippen molar-refractivity contribution in [2.45, 2.75) is 32.4 Å². The maximum absolute atomic E-state index is 13.7. The summed E-state index contributed by atoms with van der Waals surface area (Å²) in [4.78, 5) is 29.3. The van der Waals surface area contributed by atoms with Gasteiger partial charge in [0.2, 0.25) is 0 Å². The van der Waals surface area contributed by atoms with Gasteiger partial charge < -0.3 is 14.2 Å². The molecule has 1 saturated heterocycles. The average molecular weight is 454 g/mol. The zero-order chi connectivity index (χ0) is 23.5. The van der Waals surface area contributed by atoms with Crippen LogP contribution in [0.4, 0.5) is 0 Å². The Hall–Kier alpha value is -4.00. The van der Waals surface area contributed by atoms with Gasteiger partial charge in [0, 0.05) is 42.8 Å². The lowest BCUT2D eigenvalue weighted by Crippen LogP contribution is -2.32. The van der Waals surface area contributed by atoms with Crippen molar-refractivity contribution in [1.29, 1.82) is 0 Å². The van der Waals surface area contributed by atoms with Gasteiger partial charge in [-0.3, -0.25) is 4.79 Å². The second-order valence-corrected chi connectivity index (χ2v) is 8.45. The van der Waals surface area contributed by atoms with Gasteiger partial charge in [0.05, 0.1) is 18.8 Å². The van der Waals surface area contributed by atoms with Crippen LogP contribution in [0.1, 0.15) is 46.3 Å². The fourth-order valence-corrected chi connectivity index (χ4v) is 4.53. The van der Waals surface area contributed by atoms with E-state index in [1.54, 1.807) is 19.5 Å². The quantitative estimate of drug-likeness (QED) is 0.424. The molecule has 0 saturated carbocycles. The van der Waals surface area contributed by atoms with Gasteiger partial charge in [-0.2, -0.15) is 0 Å². The van der Waals surface area contributed by atoms with Crippen LogP contribution < -0.4 is 4.74 Å². The summed E-state index contributed by atoms with van der Waals surface area (Å²) in [6.45, 7) is 3.29. The first-order valence-electron chi connectivity index (χ1n) is 11.5. The van der Waals surface area contributed by atoms with Gasteiger partial charge >= 0.3 is 0 Å². The first-order valence-corrected chi connectivity index (χ1v) is 11.5. The van der Waals surface area contributed by atoms with Gasteiger partial charge in [0.1, 0.15) is 11.6 Å². The van der Waals surface area contributed by atoms with Crippen LogP contribution in [0.5, 0.6) is 5.75 Å². The predicted molar refractivity (Wildman–Crippen MR) is 130 cm³/mol. The Bertz CT molecular complexity index is 1300. The number of likely N-dealkylation sites (tertiary alicyclic amines) is 1. The minimum Gasteiger partial charge on any atom is -0.497 e. The molecule has 4 aromatic rings. The van der Waals surface area contributed by atoms with Gasteiger partial charge in [-0.05, 0) is 61.7 Å². The molecule has 0 aliphatic carbocycles. The normalized spacial score (nSPS) is 15.5. The second kappa shape index (κ2) is 9.47. The number of hydrogen-bond acceptors (Lipinski definition) is 5. The average Bonchev–Trinajstić information content (AvgIpc) is 3.53.